The van der Waals surface area contributed by atoms with Gasteiger partial charge in [-0.1, -0.05) is 0 Å². The van der Waals surface area contributed by atoms with Crippen LogP contribution < -0.4 is 0 Å². The van der Waals surface area contributed by atoms with Gasteiger partial charge in [-0.2, -0.15) is 0 Å². The first-order valence-corrected chi connectivity index (χ1v) is 7.96. The van der Waals surface area contributed by atoms with Crippen LogP contribution in [0.5, 0.6) is 0 Å². The van der Waals surface area contributed by atoms with Gasteiger partial charge in [0.25, 0.3) is 0 Å². The number of piperidine rings is 1. The molecule has 1 aliphatic carbocycles. The van der Waals surface area contributed by atoms with Crippen molar-refractivity contribution >= 4 is 6.09 Å². The van der Waals surface area contributed by atoms with Gasteiger partial charge in [0.15, 0.2) is 0 Å². The smallest absolute Gasteiger partial charge is 0.410 e. The molecule has 0 atom stereocenters. The normalized spacial score (nSPS) is 27.1. The van der Waals surface area contributed by atoms with E-state index in [1.807, 2.05) is 25.7 Å². The van der Waals surface area contributed by atoms with Gasteiger partial charge in [0.05, 0.1) is 0 Å². The number of nitrogens with zero attached hydrogens (tertiary/aromatic N) is 2. The monoisotopic (exact) mass is 292 g/mol. The van der Waals surface area contributed by atoms with E-state index < -0.39 is 5.60 Å². The average molecular weight is 292 g/mol. The summed E-state index contributed by atoms with van der Waals surface area (Å²) in [6.07, 6.45) is 9.56. The van der Waals surface area contributed by atoms with Gasteiger partial charge < -0.3 is 14.5 Å². The summed E-state index contributed by atoms with van der Waals surface area (Å²) >= 11 is 0. The summed E-state index contributed by atoms with van der Waals surface area (Å²) in [5.41, 5.74) is -0.416. The second kappa shape index (κ2) is 6.27. The lowest BCUT2D eigenvalue weighted by Gasteiger charge is -2.45. The van der Waals surface area contributed by atoms with Crippen molar-refractivity contribution < 1.29 is 9.53 Å². The van der Waals surface area contributed by atoms with Crippen molar-refractivity contribution in [2.75, 3.05) is 20.1 Å². The van der Waals surface area contributed by atoms with E-state index >= 15 is 0 Å². The van der Waals surface area contributed by atoms with Crippen LogP contribution in [0.25, 0.3) is 0 Å². The van der Waals surface area contributed by atoms with Crippen LogP contribution in [0.4, 0.5) is 4.79 Å². The molecule has 2 aliphatic rings. The minimum atomic E-state index is -0.416. The zero-order valence-electron chi connectivity index (χ0n) is 13.8. The van der Waals surface area contributed by atoms with Crippen molar-refractivity contribution in [1.82, 2.24) is 9.80 Å². The zero-order valence-corrected chi connectivity index (χ0v) is 13.8. The number of amides is 1. The summed E-state index contributed by atoms with van der Waals surface area (Å²) in [5.74, 6) is 3.31. The van der Waals surface area contributed by atoms with E-state index in [9.17, 15) is 4.79 Å². The van der Waals surface area contributed by atoms with Crippen LogP contribution in [0.15, 0.2) is 0 Å². The summed E-state index contributed by atoms with van der Waals surface area (Å²) in [7, 11) is 2.20. The predicted octanol–water partition coefficient (Wildman–Crippen LogP) is 2.73. The van der Waals surface area contributed by atoms with Crippen LogP contribution in [0, 0.1) is 18.3 Å². The Hall–Kier alpha value is -1.21. The SMILES string of the molecule is C#CC1CC(N(C)C2CCN(C(=O)OC(C)(C)C)CC2)C1. The number of ether oxygens (including phenoxy) is 1. The van der Waals surface area contributed by atoms with Gasteiger partial charge in [-0.05, 0) is 53.5 Å². The lowest BCUT2D eigenvalue weighted by molar-refractivity contribution is 0.00770. The van der Waals surface area contributed by atoms with E-state index in [1.165, 1.54) is 0 Å². The maximum Gasteiger partial charge on any atom is 0.410 e. The summed E-state index contributed by atoms with van der Waals surface area (Å²) in [4.78, 5) is 16.3. The summed E-state index contributed by atoms with van der Waals surface area (Å²) in [6, 6.07) is 1.19. The van der Waals surface area contributed by atoms with Crippen molar-refractivity contribution in [3.05, 3.63) is 0 Å². The second-order valence-electron chi connectivity index (χ2n) is 7.35. The predicted molar refractivity (Wildman–Crippen MR) is 83.9 cm³/mol. The first kappa shape index (κ1) is 16.2. The molecule has 2 fully saturated rings. The molecule has 0 spiro atoms. The van der Waals surface area contributed by atoms with Gasteiger partial charge in [-0.15, -0.1) is 12.3 Å². The van der Waals surface area contributed by atoms with Crippen LogP contribution in [-0.4, -0.2) is 53.7 Å². The molecule has 0 aromatic carbocycles. The molecule has 0 radical (unpaired) electrons. The Bertz CT molecular complexity index is 407. The highest BCUT2D eigenvalue weighted by atomic mass is 16.6. The summed E-state index contributed by atoms with van der Waals surface area (Å²) in [6.45, 7) is 7.29. The molecule has 0 unspecified atom stereocenters. The number of carbonyl (C=O) groups is 1. The third-order valence-electron chi connectivity index (χ3n) is 4.62. The Morgan fingerprint density at radius 1 is 1.24 bits per heavy atom. The standard InChI is InChI=1S/C17H28N2O2/c1-6-13-11-15(12-13)18(5)14-7-9-19(10-8-14)16(20)21-17(2,3)4/h1,13-15H,7-12H2,2-5H3. The van der Waals surface area contributed by atoms with E-state index in [-0.39, 0.29) is 6.09 Å². The average Bonchev–Trinajstić information content (AvgIpc) is 2.35. The van der Waals surface area contributed by atoms with Gasteiger partial charge in [-0.3, -0.25) is 0 Å². The van der Waals surface area contributed by atoms with Crippen LogP contribution in [0.2, 0.25) is 0 Å². The molecule has 1 aliphatic heterocycles. The molecule has 0 aromatic heterocycles. The number of likely N-dealkylation sites (tertiary alicyclic amines) is 1. The van der Waals surface area contributed by atoms with Crippen LogP contribution in [-0.2, 0) is 4.74 Å². The fourth-order valence-electron chi connectivity index (χ4n) is 3.14. The van der Waals surface area contributed by atoms with Gasteiger partial charge in [0, 0.05) is 31.1 Å². The molecule has 1 heterocycles. The van der Waals surface area contributed by atoms with Crippen molar-refractivity contribution in [3.63, 3.8) is 0 Å². The highest BCUT2D eigenvalue weighted by Crippen LogP contribution is 2.33. The Morgan fingerprint density at radius 3 is 2.29 bits per heavy atom. The van der Waals surface area contributed by atoms with E-state index in [4.69, 9.17) is 11.2 Å². The van der Waals surface area contributed by atoms with Crippen LogP contribution >= 0.6 is 0 Å². The first-order chi connectivity index (χ1) is 9.80. The molecule has 1 saturated heterocycles. The Kier molecular flexibility index (Phi) is 4.83. The van der Waals surface area contributed by atoms with E-state index in [1.54, 1.807) is 0 Å². The highest BCUT2D eigenvalue weighted by molar-refractivity contribution is 5.68. The molecule has 4 heteroatoms. The largest absolute Gasteiger partial charge is 0.444 e. The topological polar surface area (TPSA) is 32.8 Å². The second-order valence-corrected chi connectivity index (χ2v) is 7.35. The Balaban J connectivity index is 1.76. The molecule has 1 amide bonds. The molecule has 21 heavy (non-hydrogen) atoms. The van der Waals surface area contributed by atoms with E-state index in [0.29, 0.717) is 18.0 Å². The molecule has 4 nitrogen and oxygen atoms in total. The molecular formula is C17H28N2O2. The lowest BCUT2D eigenvalue weighted by atomic mass is 9.79. The van der Waals surface area contributed by atoms with Crippen LogP contribution in [0.3, 0.4) is 0 Å². The molecule has 0 N–H and O–H groups in total. The van der Waals surface area contributed by atoms with Gasteiger partial charge in [0.2, 0.25) is 0 Å². The molecule has 118 valence electrons. The summed E-state index contributed by atoms with van der Waals surface area (Å²) in [5, 5.41) is 0. The fraction of sp³-hybridized carbons (Fsp3) is 0.824. The first-order valence-electron chi connectivity index (χ1n) is 7.96. The van der Waals surface area contributed by atoms with Crippen molar-refractivity contribution in [1.29, 1.82) is 0 Å². The van der Waals surface area contributed by atoms with Gasteiger partial charge in [-0.25, -0.2) is 4.79 Å². The quantitative estimate of drug-likeness (QED) is 0.734. The number of carbonyl (C=O) groups excluding carboxylic acids is 1. The third-order valence-corrected chi connectivity index (χ3v) is 4.62. The van der Waals surface area contributed by atoms with Gasteiger partial charge >= 0.3 is 6.09 Å². The fourth-order valence-corrected chi connectivity index (χ4v) is 3.14. The number of hydrogen-bond acceptors (Lipinski definition) is 3. The molecule has 2 rings (SSSR count). The minimum Gasteiger partial charge on any atom is -0.444 e. The van der Waals surface area contributed by atoms with E-state index in [2.05, 4.69) is 17.9 Å². The molecule has 0 aromatic rings. The lowest BCUT2D eigenvalue weighted by Crippen LogP contribution is -2.52. The number of rotatable bonds is 2. The third kappa shape index (κ3) is 4.14. The maximum absolute atomic E-state index is 12.0. The number of hydrogen-bond donors (Lipinski definition) is 0. The van der Waals surface area contributed by atoms with E-state index in [0.717, 1.165) is 38.8 Å². The van der Waals surface area contributed by atoms with Crippen molar-refractivity contribution in [2.24, 2.45) is 5.92 Å². The maximum atomic E-state index is 12.0. The zero-order chi connectivity index (χ0) is 15.6. The minimum absolute atomic E-state index is 0.181. The van der Waals surface area contributed by atoms with Crippen molar-refractivity contribution in [2.45, 2.75) is 64.1 Å². The molecule has 0 bridgehead atoms. The number of terminal acetylenes is 1. The molecular weight excluding hydrogens is 264 g/mol. The van der Waals surface area contributed by atoms with Crippen molar-refractivity contribution in [3.8, 4) is 12.3 Å². The Labute approximate surface area is 128 Å². The van der Waals surface area contributed by atoms with Gasteiger partial charge in [0.1, 0.15) is 5.60 Å². The highest BCUT2D eigenvalue weighted by Gasteiger charge is 2.36. The molecule has 1 saturated carbocycles. The van der Waals surface area contributed by atoms with Crippen LogP contribution in [0.1, 0.15) is 46.5 Å². The summed E-state index contributed by atoms with van der Waals surface area (Å²) < 4.78 is 5.43. The Morgan fingerprint density at radius 2 is 1.81 bits per heavy atom.